The molecule has 0 amide bonds. The fraction of sp³-hybridized carbons (Fsp3) is 0.200. The van der Waals surface area contributed by atoms with E-state index >= 15 is 0 Å². The van der Waals surface area contributed by atoms with Crippen LogP contribution in [0.1, 0.15) is 25.0 Å². The van der Waals surface area contributed by atoms with Crippen molar-refractivity contribution in [2.24, 2.45) is 0 Å². The molecule has 2 aromatic rings. The van der Waals surface area contributed by atoms with Crippen LogP contribution >= 0.6 is 0 Å². The van der Waals surface area contributed by atoms with Gasteiger partial charge in [0.2, 0.25) is 0 Å². The monoisotopic (exact) mass is 192 g/mol. The smallest absolute Gasteiger partial charge is 0.0159 e. The molecular formula is C15H12. The van der Waals surface area contributed by atoms with Crippen molar-refractivity contribution < 1.29 is 0 Å². The number of fused-ring (bicyclic) bond motifs is 3. The summed E-state index contributed by atoms with van der Waals surface area (Å²) in [5.41, 5.74) is 5.55. The van der Waals surface area contributed by atoms with Gasteiger partial charge in [0.15, 0.2) is 0 Å². The van der Waals surface area contributed by atoms with E-state index in [1.54, 1.807) is 0 Å². The van der Waals surface area contributed by atoms with Gasteiger partial charge >= 0.3 is 0 Å². The summed E-state index contributed by atoms with van der Waals surface area (Å²) in [5, 5.41) is 0. The average Bonchev–Trinajstić information content (AvgIpc) is 2.51. The van der Waals surface area contributed by atoms with Gasteiger partial charge in [-0.15, -0.1) is 0 Å². The molecule has 0 aromatic heterocycles. The summed E-state index contributed by atoms with van der Waals surface area (Å²) in [4.78, 5) is 0. The Morgan fingerprint density at radius 3 is 2.47 bits per heavy atom. The van der Waals surface area contributed by atoms with Gasteiger partial charge in [-0.3, -0.25) is 0 Å². The molecule has 2 aromatic carbocycles. The predicted molar refractivity (Wildman–Crippen MR) is 61.7 cm³/mol. The molecule has 0 saturated heterocycles. The molecule has 0 N–H and O–H groups in total. The zero-order valence-corrected chi connectivity index (χ0v) is 8.96. The fourth-order valence-electron chi connectivity index (χ4n) is 2.53. The van der Waals surface area contributed by atoms with Crippen LogP contribution < -0.4 is 0 Å². The van der Waals surface area contributed by atoms with Gasteiger partial charge < -0.3 is 0 Å². The largest absolute Gasteiger partial charge is 0.0569 e. The third kappa shape index (κ3) is 1.02. The first kappa shape index (κ1) is 8.72. The zero-order chi connectivity index (χ0) is 10.5. The van der Waals surface area contributed by atoms with Crippen LogP contribution in [0.15, 0.2) is 36.4 Å². The van der Waals surface area contributed by atoms with E-state index in [-0.39, 0.29) is 5.41 Å². The molecule has 0 bridgehead atoms. The summed E-state index contributed by atoms with van der Waals surface area (Å²) >= 11 is 0. The van der Waals surface area contributed by atoms with Gasteiger partial charge in [-0.25, -0.2) is 0 Å². The second-order valence-electron chi connectivity index (χ2n) is 4.57. The number of benzene rings is 2. The lowest BCUT2D eigenvalue weighted by molar-refractivity contribution is 0.660. The van der Waals surface area contributed by atoms with E-state index in [4.69, 9.17) is 0 Å². The van der Waals surface area contributed by atoms with Crippen molar-refractivity contribution in [1.82, 2.24) is 0 Å². The van der Waals surface area contributed by atoms with E-state index in [1.165, 1.54) is 22.3 Å². The van der Waals surface area contributed by atoms with Crippen LogP contribution in [-0.2, 0) is 5.41 Å². The van der Waals surface area contributed by atoms with Gasteiger partial charge in [0, 0.05) is 5.41 Å². The normalized spacial score (nSPS) is 15.9. The molecule has 3 rings (SSSR count). The molecule has 72 valence electrons. The number of hydrogen-bond acceptors (Lipinski definition) is 0. The minimum absolute atomic E-state index is 0.109. The SMILES string of the molecule is CC1(C)c2c[c]ccc2-c2c[c]ccc21. The minimum Gasteiger partial charge on any atom is -0.0569 e. The number of rotatable bonds is 0. The first-order valence-electron chi connectivity index (χ1n) is 5.23. The highest BCUT2D eigenvalue weighted by Gasteiger charge is 2.34. The van der Waals surface area contributed by atoms with E-state index in [2.05, 4.69) is 50.2 Å². The van der Waals surface area contributed by atoms with E-state index in [0.29, 0.717) is 0 Å². The molecule has 2 radical (unpaired) electrons. The van der Waals surface area contributed by atoms with Crippen LogP contribution in [0, 0.1) is 12.1 Å². The molecule has 15 heavy (non-hydrogen) atoms. The van der Waals surface area contributed by atoms with E-state index in [1.807, 2.05) is 12.1 Å². The molecule has 0 heteroatoms. The lowest BCUT2D eigenvalue weighted by Gasteiger charge is -2.20. The molecule has 0 nitrogen and oxygen atoms in total. The van der Waals surface area contributed by atoms with Gasteiger partial charge in [0.25, 0.3) is 0 Å². The van der Waals surface area contributed by atoms with Crippen molar-refractivity contribution in [2.45, 2.75) is 19.3 Å². The molecule has 0 atom stereocenters. The summed E-state index contributed by atoms with van der Waals surface area (Å²) in [6, 6.07) is 18.8. The summed E-state index contributed by atoms with van der Waals surface area (Å²) < 4.78 is 0. The summed E-state index contributed by atoms with van der Waals surface area (Å²) in [6.07, 6.45) is 0. The third-order valence-corrected chi connectivity index (χ3v) is 3.36. The Morgan fingerprint density at radius 2 is 1.60 bits per heavy atom. The highest BCUT2D eigenvalue weighted by atomic mass is 14.4. The molecule has 0 aliphatic heterocycles. The number of hydrogen-bond donors (Lipinski definition) is 0. The second kappa shape index (κ2) is 2.73. The Labute approximate surface area is 90.6 Å². The van der Waals surface area contributed by atoms with Crippen molar-refractivity contribution in [1.29, 1.82) is 0 Å². The van der Waals surface area contributed by atoms with Gasteiger partial charge in [-0.2, -0.15) is 0 Å². The van der Waals surface area contributed by atoms with Crippen LogP contribution in [0.3, 0.4) is 0 Å². The van der Waals surface area contributed by atoms with Crippen LogP contribution in [-0.4, -0.2) is 0 Å². The highest BCUT2D eigenvalue weighted by molar-refractivity contribution is 5.80. The lowest BCUT2D eigenvalue weighted by atomic mass is 9.82. The van der Waals surface area contributed by atoms with Gasteiger partial charge in [-0.05, 0) is 46.5 Å². The average molecular weight is 192 g/mol. The molecule has 0 saturated carbocycles. The first-order valence-corrected chi connectivity index (χ1v) is 5.23. The zero-order valence-electron chi connectivity index (χ0n) is 8.96. The van der Waals surface area contributed by atoms with E-state index < -0.39 is 0 Å². The summed E-state index contributed by atoms with van der Waals surface area (Å²) in [5.74, 6) is 0. The van der Waals surface area contributed by atoms with Crippen molar-refractivity contribution >= 4 is 0 Å². The van der Waals surface area contributed by atoms with E-state index in [0.717, 1.165) is 0 Å². The maximum atomic E-state index is 3.17. The Morgan fingerprint density at radius 1 is 0.867 bits per heavy atom. The molecule has 1 aliphatic carbocycles. The van der Waals surface area contributed by atoms with Crippen molar-refractivity contribution in [2.75, 3.05) is 0 Å². The van der Waals surface area contributed by atoms with Crippen LogP contribution in [0.4, 0.5) is 0 Å². The van der Waals surface area contributed by atoms with E-state index in [9.17, 15) is 0 Å². The van der Waals surface area contributed by atoms with Gasteiger partial charge in [-0.1, -0.05) is 38.1 Å². The summed E-state index contributed by atoms with van der Waals surface area (Å²) in [7, 11) is 0. The van der Waals surface area contributed by atoms with Crippen LogP contribution in [0.25, 0.3) is 11.1 Å². The third-order valence-electron chi connectivity index (χ3n) is 3.36. The molecule has 0 heterocycles. The highest BCUT2D eigenvalue weighted by Crippen LogP contribution is 2.47. The Bertz CT molecular complexity index is 474. The Balaban J connectivity index is 2.42. The van der Waals surface area contributed by atoms with Crippen molar-refractivity contribution in [3.05, 3.63) is 59.7 Å². The van der Waals surface area contributed by atoms with Crippen LogP contribution in [0.5, 0.6) is 0 Å². The maximum Gasteiger partial charge on any atom is 0.0159 e. The van der Waals surface area contributed by atoms with Gasteiger partial charge in [0.05, 0.1) is 0 Å². The Kier molecular flexibility index (Phi) is 1.59. The standard InChI is InChI=1S/C15H12/c1-15(2)13-9-5-3-7-11(13)12-8-4-6-10-14(12)15/h3,6-10H,1-2H3. The Hall–Kier alpha value is -1.56. The van der Waals surface area contributed by atoms with Crippen molar-refractivity contribution in [3.8, 4) is 11.1 Å². The lowest BCUT2D eigenvalue weighted by Crippen LogP contribution is -2.14. The first-order chi connectivity index (χ1) is 7.21. The molecule has 1 aliphatic rings. The minimum atomic E-state index is 0.109. The topological polar surface area (TPSA) is 0 Å². The fourth-order valence-corrected chi connectivity index (χ4v) is 2.53. The molecule has 0 spiro atoms. The predicted octanol–water partition coefficient (Wildman–Crippen LogP) is 3.59. The molecule has 0 fully saturated rings. The maximum absolute atomic E-state index is 3.17. The quantitative estimate of drug-likeness (QED) is 0.598. The molecular weight excluding hydrogens is 180 g/mol. The second-order valence-corrected chi connectivity index (χ2v) is 4.57. The van der Waals surface area contributed by atoms with Crippen molar-refractivity contribution in [3.63, 3.8) is 0 Å². The summed E-state index contributed by atoms with van der Waals surface area (Å²) in [6.45, 7) is 4.54. The van der Waals surface area contributed by atoms with Gasteiger partial charge in [0.1, 0.15) is 0 Å². The molecule has 0 unspecified atom stereocenters. The van der Waals surface area contributed by atoms with Crippen LogP contribution in [0.2, 0.25) is 0 Å².